The second-order valence-electron chi connectivity index (χ2n) is 10.0. The third-order valence-electron chi connectivity index (χ3n) is 6.79. The lowest BCUT2D eigenvalue weighted by Gasteiger charge is -2.08. The Morgan fingerprint density at radius 2 is 1.19 bits per heavy atom. The summed E-state index contributed by atoms with van der Waals surface area (Å²) in [4.78, 5) is 0. The Labute approximate surface area is 199 Å². The van der Waals surface area contributed by atoms with E-state index in [1.165, 1.54) is 114 Å². The highest BCUT2D eigenvalue weighted by Crippen LogP contribution is 2.15. The molecule has 0 aliphatic carbocycles. The van der Waals surface area contributed by atoms with Gasteiger partial charge in [0.05, 0.1) is 6.04 Å². The number of hydrogen-bond acceptors (Lipinski definition) is 0. The Hall–Kier alpha value is -1.57. The van der Waals surface area contributed by atoms with Crippen molar-refractivity contribution in [2.45, 2.75) is 136 Å². The van der Waals surface area contributed by atoms with Crippen LogP contribution in [-0.4, -0.2) is 4.57 Å². The number of unbranched alkanes of at least 4 members (excludes halogenated alkanes) is 14. The average molecular weight is 440 g/mol. The molecule has 180 valence electrons. The van der Waals surface area contributed by atoms with Crippen molar-refractivity contribution < 1.29 is 4.57 Å². The first kappa shape index (κ1) is 26.7. The zero-order valence-corrected chi connectivity index (χ0v) is 21.5. The van der Waals surface area contributed by atoms with Gasteiger partial charge in [0.15, 0.2) is 0 Å². The summed E-state index contributed by atoms with van der Waals surface area (Å²) in [6.45, 7) is 7.87. The minimum Gasteiger partial charge on any atom is -0.232 e. The molecule has 0 radical (unpaired) electrons. The number of aromatic nitrogens is 2. The standard InChI is InChI=1S/C30H51N2/c1-4-5-6-7-8-9-10-11-12-13-14-15-16-17-21-24-30-31(25-26-32(30)28(2)3)27-29-22-19-18-20-23-29/h18-20,22-23,25-26,28H,4-17,21,24,27H2,1-3H3/q+1. The van der Waals surface area contributed by atoms with E-state index in [0.717, 1.165) is 6.54 Å². The van der Waals surface area contributed by atoms with Crippen LogP contribution in [0, 0.1) is 0 Å². The summed E-state index contributed by atoms with van der Waals surface area (Å²) in [5.74, 6) is 1.48. The first-order valence-electron chi connectivity index (χ1n) is 13.9. The van der Waals surface area contributed by atoms with Crippen LogP contribution in [0.4, 0.5) is 0 Å². The van der Waals surface area contributed by atoms with E-state index >= 15 is 0 Å². The van der Waals surface area contributed by atoms with Crippen molar-refractivity contribution >= 4 is 0 Å². The molecule has 0 aliphatic rings. The van der Waals surface area contributed by atoms with Crippen molar-refractivity contribution in [1.29, 1.82) is 0 Å². The van der Waals surface area contributed by atoms with Gasteiger partial charge in [0, 0.05) is 6.42 Å². The zero-order valence-electron chi connectivity index (χ0n) is 21.5. The molecule has 0 bridgehead atoms. The van der Waals surface area contributed by atoms with E-state index < -0.39 is 0 Å². The molecule has 1 aromatic carbocycles. The summed E-state index contributed by atoms with van der Waals surface area (Å²) < 4.78 is 4.92. The van der Waals surface area contributed by atoms with Gasteiger partial charge in [-0.1, -0.05) is 127 Å². The van der Waals surface area contributed by atoms with Crippen LogP contribution in [0.5, 0.6) is 0 Å². The number of benzene rings is 1. The number of imidazole rings is 1. The van der Waals surface area contributed by atoms with Gasteiger partial charge < -0.3 is 0 Å². The lowest BCUT2D eigenvalue weighted by atomic mass is 10.0. The topological polar surface area (TPSA) is 8.81 Å². The van der Waals surface area contributed by atoms with E-state index in [9.17, 15) is 0 Å². The van der Waals surface area contributed by atoms with Crippen LogP contribution >= 0.6 is 0 Å². The highest BCUT2D eigenvalue weighted by molar-refractivity contribution is 5.13. The smallest absolute Gasteiger partial charge is 0.232 e. The van der Waals surface area contributed by atoms with Crippen molar-refractivity contribution in [3.8, 4) is 0 Å². The monoisotopic (exact) mass is 439 g/mol. The fraction of sp³-hybridized carbons (Fsp3) is 0.700. The van der Waals surface area contributed by atoms with Gasteiger partial charge in [-0.05, 0) is 25.8 Å². The Balaban J connectivity index is 1.55. The number of hydrogen-bond donors (Lipinski definition) is 0. The first-order chi connectivity index (χ1) is 15.7. The molecule has 0 atom stereocenters. The molecule has 2 aromatic rings. The maximum atomic E-state index is 2.47. The third kappa shape index (κ3) is 10.8. The predicted octanol–water partition coefficient (Wildman–Crippen LogP) is 8.82. The van der Waals surface area contributed by atoms with Gasteiger partial charge in [0.1, 0.15) is 18.9 Å². The van der Waals surface area contributed by atoms with Gasteiger partial charge in [-0.2, -0.15) is 0 Å². The summed E-state index contributed by atoms with van der Waals surface area (Å²) in [5.41, 5.74) is 1.39. The highest BCUT2D eigenvalue weighted by Gasteiger charge is 2.19. The zero-order chi connectivity index (χ0) is 22.9. The minimum atomic E-state index is 0.526. The maximum Gasteiger partial charge on any atom is 0.256 e. The van der Waals surface area contributed by atoms with Gasteiger partial charge in [-0.25, -0.2) is 9.13 Å². The van der Waals surface area contributed by atoms with Crippen molar-refractivity contribution in [1.82, 2.24) is 4.57 Å². The summed E-state index contributed by atoms with van der Waals surface area (Å²) in [7, 11) is 0. The van der Waals surface area contributed by atoms with Gasteiger partial charge in [-0.3, -0.25) is 0 Å². The van der Waals surface area contributed by atoms with Crippen molar-refractivity contribution in [3.05, 3.63) is 54.1 Å². The van der Waals surface area contributed by atoms with E-state index in [0.29, 0.717) is 6.04 Å². The first-order valence-corrected chi connectivity index (χ1v) is 13.9. The molecule has 0 saturated carbocycles. The molecule has 0 spiro atoms. The van der Waals surface area contributed by atoms with Crippen LogP contribution in [0.15, 0.2) is 42.7 Å². The summed E-state index contributed by atoms with van der Waals surface area (Å²) in [5, 5.41) is 0. The molecule has 0 amide bonds. The Morgan fingerprint density at radius 1 is 0.688 bits per heavy atom. The molecule has 0 saturated heterocycles. The SMILES string of the molecule is CCCCCCCCCCCCCCCCCc1n(C(C)C)cc[n+]1Cc1ccccc1. The molecule has 2 heteroatoms. The molecule has 1 aromatic heterocycles. The molecular weight excluding hydrogens is 388 g/mol. The number of nitrogens with zero attached hydrogens (tertiary/aromatic N) is 2. The van der Waals surface area contributed by atoms with E-state index in [-0.39, 0.29) is 0 Å². The Morgan fingerprint density at radius 3 is 1.69 bits per heavy atom. The number of rotatable bonds is 19. The lowest BCUT2D eigenvalue weighted by molar-refractivity contribution is -0.695. The van der Waals surface area contributed by atoms with Crippen molar-refractivity contribution in [2.24, 2.45) is 0 Å². The van der Waals surface area contributed by atoms with Crippen LogP contribution in [0.2, 0.25) is 0 Å². The van der Waals surface area contributed by atoms with Crippen LogP contribution in [-0.2, 0) is 13.0 Å². The van der Waals surface area contributed by atoms with Crippen LogP contribution < -0.4 is 4.57 Å². The van der Waals surface area contributed by atoms with Gasteiger partial charge in [0.25, 0.3) is 5.82 Å². The fourth-order valence-electron chi connectivity index (χ4n) is 4.79. The van der Waals surface area contributed by atoms with E-state index in [1.807, 2.05) is 0 Å². The highest BCUT2D eigenvalue weighted by atomic mass is 15.2. The third-order valence-corrected chi connectivity index (χ3v) is 6.79. The quantitative estimate of drug-likeness (QED) is 0.153. The molecule has 2 rings (SSSR count). The molecule has 0 N–H and O–H groups in total. The normalized spacial score (nSPS) is 11.5. The molecule has 32 heavy (non-hydrogen) atoms. The molecule has 2 nitrogen and oxygen atoms in total. The van der Waals surface area contributed by atoms with E-state index in [4.69, 9.17) is 0 Å². The molecule has 0 unspecified atom stereocenters. The second kappa shape index (κ2) is 17.0. The summed E-state index contributed by atoms with van der Waals surface area (Å²) in [6.07, 6.45) is 27.1. The van der Waals surface area contributed by atoms with Crippen LogP contribution in [0.3, 0.4) is 0 Å². The second-order valence-corrected chi connectivity index (χ2v) is 10.0. The Kier molecular flexibility index (Phi) is 14.2. The van der Waals surface area contributed by atoms with E-state index in [2.05, 4.69) is 72.6 Å². The van der Waals surface area contributed by atoms with Gasteiger partial charge in [-0.15, -0.1) is 0 Å². The predicted molar refractivity (Wildman–Crippen MR) is 139 cm³/mol. The largest absolute Gasteiger partial charge is 0.256 e. The van der Waals surface area contributed by atoms with Gasteiger partial charge >= 0.3 is 0 Å². The molecule has 0 aliphatic heterocycles. The summed E-state index contributed by atoms with van der Waals surface area (Å²) >= 11 is 0. The van der Waals surface area contributed by atoms with E-state index in [1.54, 1.807) is 0 Å². The minimum absolute atomic E-state index is 0.526. The van der Waals surface area contributed by atoms with Gasteiger partial charge in [0.2, 0.25) is 0 Å². The molecular formula is C30H51N2+. The van der Waals surface area contributed by atoms with Crippen molar-refractivity contribution in [3.63, 3.8) is 0 Å². The average Bonchev–Trinajstić information content (AvgIpc) is 3.19. The van der Waals surface area contributed by atoms with Crippen molar-refractivity contribution in [2.75, 3.05) is 0 Å². The van der Waals surface area contributed by atoms with Crippen LogP contribution in [0.1, 0.15) is 135 Å². The molecule has 1 heterocycles. The Bertz CT molecular complexity index is 686. The maximum absolute atomic E-state index is 2.47. The molecule has 0 fully saturated rings. The summed E-state index contributed by atoms with van der Waals surface area (Å²) in [6, 6.07) is 11.4. The fourth-order valence-corrected chi connectivity index (χ4v) is 4.79. The van der Waals surface area contributed by atoms with Crippen LogP contribution in [0.25, 0.3) is 0 Å². The lowest BCUT2D eigenvalue weighted by Crippen LogP contribution is -2.38.